The van der Waals surface area contributed by atoms with E-state index < -0.39 is 70.4 Å². The topological polar surface area (TPSA) is 163 Å². The number of hydrogen-bond acceptors (Lipinski definition) is 10. The maximum Gasteiger partial charge on any atom is 0.338 e. The second-order valence-electron chi connectivity index (χ2n) is 32.3. The number of halogens is 8. The first-order valence-electron chi connectivity index (χ1n) is 43.9. The Kier molecular flexibility index (Phi) is 26.3. The molecule has 20 heteroatoms. The second-order valence-corrected chi connectivity index (χ2v) is 32.3. The van der Waals surface area contributed by atoms with Crippen molar-refractivity contribution in [1.82, 2.24) is 19.9 Å². The van der Waals surface area contributed by atoms with Crippen molar-refractivity contribution >= 4 is 70.2 Å². The van der Waals surface area contributed by atoms with Crippen molar-refractivity contribution < 1.29 is 73.2 Å². The highest BCUT2D eigenvalue weighted by Crippen LogP contribution is 2.53. The van der Waals surface area contributed by atoms with Gasteiger partial charge in [-0.05, 0) is 309 Å². The predicted octanol–water partition coefficient (Wildman–Crippen LogP) is 29.6. The van der Waals surface area contributed by atoms with E-state index in [1.807, 2.05) is 27.7 Å². The first-order chi connectivity index (χ1) is 64.2. The van der Waals surface area contributed by atoms with Crippen LogP contribution in [0.5, 0.6) is 0 Å². The van der Waals surface area contributed by atoms with Crippen molar-refractivity contribution in [2.75, 3.05) is 26.4 Å². The normalized spacial score (nSPS) is 11.6. The summed E-state index contributed by atoms with van der Waals surface area (Å²) in [5.74, 6) is -7.49. The molecule has 2 N–H and O–H groups in total. The molecule has 2 aliphatic heterocycles. The average molecular weight is 1770 g/mol. The molecule has 5 heterocycles. The van der Waals surface area contributed by atoms with Crippen molar-refractivity contribution in [3.05, 3.63) is 358 Å². The lowest BCUT2D eigenvalue weighted by Crippen LogP contribution is -2.08. The van der Waals surface area contributed by atoms with E-state index in [1.54, 1.807) is 194 Å². The summed E-state index contributed by atoms with van der Waals surface area (Å²) in [4.78, 5) is 79.2. The van der Waals surface area contributed by atoms with Crippen LogP contribution >= 0.6 is 0 Å². The molecule has 15 aromatic rings. The maximum atomic E-state index is 15.8. The van der Waals surface area contributed by atoms with Crippen LogP contribution in [-0.2, 0) is 18.9 Å². The van der Waals surface area contributed by atoms with Gasteiger partial charge in [0.05, 0.1) is 71.5 Å². The number of nitrogens with one attached hydrogen (secondary N) is 2. The number of aromatic amines is 2. The molecule has 658 valence electrons. The quantitative estimate of drug-likeness (QED) is 0.0209. The van der Waals surface area contributed by atoms with E-state index in [2.05, 4.69) is 9.97 Å². The number of unbranched alkanes of at least 4 members (excludes halogenated alkanes) is 4. The largest absolute Gasteiger partial charge is 0.462 e. The number of rotatable bonds is 28. The van der Waals surface area contributed by atoms with Crippen molar-refractivity contribution in [2.24, 2.45) is 0 Å². The Labute approximate surface area is 756 Å². The number of carbonyl (C=O) groups excluding carboxylic acids is 4. The zero-order valence-electron chi connectivity index (χ0n) is 72.4. The molecule has 3 aromatic heterocycles. The molecule has 0 amide bonds. The summed E-state index contributed by atoms with van der Waals surface area (Å²) in [6.45, 7) is 8.06. The summed E-state index contributed by atoms with van der Waals surface area (Å²) in [6.07, 6.45) is 12.0. The van der Waals surface area contributed by atoms with Crippen LogP contribution in [0.2, 0.25) is 0 Å². The molecular weight excluding hydrogens is 1680 g/mol. The second kappa shape index (κ2) is 39.3. The third-order valence-electron chi connectivity index (χ3n) is 23.4. The van der Waals surface area contributed by atoms with Crippen LogP contribution in [-0.4, -0.2) is 70.2 Å². The molecule has 0 saturated carbocycles. The maximum absolute atomic E-state index is 15.8. The van der Waals surface area contributed by atoms with Crippen LogP contribution < -0.4 is 0 Å². The zero-order valence-corrected chi connectivity index (χ0v) is 72.4. The molecule has 0 unspecified atom stereocenters. The average Bonchev–Trinajstić information content (AvgIpc) is 1.67. The Balaban J connectivity index is 1.14. The lowest BCUT2D eigenvalue weighted by atomic mass is 9.85. The van der Waals surface area contributed by atoms with E-state index in [-0.39, 0.29) is 71.5 Å². The summed E-state index contributed by atoms with van der Waals surface area (Å²) >= 11 is 0. The van der Waals surface area contributed by atoms with E-state index in [0.717, 1.165) is 0 Å². The van der Waals surface area contributed by atoms with Gasteiger partial charge in [-0.1, -0.05) is 150 Å². The first kappa shape index (κ1) is 88.6. The third-order valence-corrected chi connectivity index (χ3v) is 23.4. The summed E-state index contributed by atoms with van der Waals surface area (Å²) in [5.41, 5.74) is 10.6. The van der Waals surface area contributed by atoms with Gasteiger partial charge in [0.1, 0.15) is 46.5 Å². The van der Waals surface area contributed by atoms with Gasteiger partial charge in [-0.2, -0.15) is 0 Å². The van der Waals surface area contributed by atoms with E-state index in [4.69, 9.17) is 28.9 Å². The number of nitrogens with zero attached hydrogens (tertiary/aromatic N) is 2. The molecule has 2 aliphatic rings. The fourth-order valence-electron chi connectivity index (χ4n) is 16.8. The molecule has 132 heavy (non-hydrogen) atoms. The molecule has 0 radical (unpaired) electrons. The summed E-state index contributed by atoms with van der Waals surface area (Å²) in [6, 6.07) is 66.0. The van der Waals surface area contributed by atoms with Gasteiger partial charge < -0.3 is 28.9 Å². The molecule has 0 fully saturated rings. The highest BCUT2D eigenvalue weighted by molar-refractivity contribution is 6.14. The van der Waals surface area contributed by atoms with Gasteiger partial charge in [0.15, 0.2) is 0 Å². The summed E-state index contributed by atoms with van der Waals surface area (Å²) in [5, 5.41) is 0. The molecular formula is C112H86F8N4O8. The molecule has 8 bridgehead atoms. The Morgan fingerprint density at radius 2 is 0.379 bits per heavy atom. The van der Waals surface area contributed by atoms with Crippen molar-refractivity contribution in [3.63, 3.8) is 0 Å². The number of aromatic nitrogens is 4. The van der Waals surface area contributed by atoms with Gasteiger partial charge >= 0.3 is 23.9 Å². The van der Waals surface area contributed by atoms with Gasteiger partial charge in [0.2, 0.25) is 0 Å². The van der Waals surface area contributed by atoms with Crippen LogP contribution in [0, 0.1) is 46.5 Å². The first-order valence-corrected chi connectivity index (χ1v) is 43.9. The fraction of sp³-hybridized carbons (Fsp3) is 0.143. The number of H-pyrrole nitrogens is 2. The smallest absolute Gasteiger partial charge is 0.338 e. The van der Waals surface area contributed by atoms with Gasteiger partial charge in [0, 0.05) is 66.6 Å². The minimum atomic E-state index is -0.701. The van der Waals surface area contributed by atoms with Crippen LogP contribution in [0.3, 0.4) is 0 Å². The Morgan fingerprint density at radius 3 is 0.523 bits per heavy atom. The summed E-state index contributed by atoms with van der Waals surface area (Å²) in [7, 11) is 0. The Hall–Kier alpha value is -15.4. The van der Waals surface area contributed by atoms with Crippen LogP contribution in [0.1, 0.15) is 143 Å². The Morgan fingerprint density at radius 1 is 0.227 bits per heavy atom. The van der Waals surface area contributed by atoms with Crippen molar-refractivity contribution in [1.29, 1.82) is 0 Å². The van der Waals surface area contributed by atoms with E-state index in [9.17, 15) is 19.2 Å². The van der Waals surface area contributed by atoms with E-state index in [1.165, 1.54) is 97.1 Å². The molecule has 0 saturated heterocycles. The molecule has 12 nitrogen and oxygen atoms in total. The number of carbonyl (C=O) groups is 4. The van der Waals surface area contributed by atoms with Gasteiger partial charge in [-0.25, -0.2) is 64.3 Å². The minimum absolute atomic E-state index is 0.0597. The third kappa shape index (κ3) is 18.8. The lowest BCUT2D eigenvalue weighted by molar-refractivity contribution is 0.0490. The van der Waals surface area contributed by atoms with Gasteiger partial charge in [-0.3, -0.25) is 0 Å². The van der Waals surface area contributed by atoms with Gasteiger partial charge in [-0.15, -0.1) is 0 Å². The highest BCUT2D eigenvalue weighted by Gasteiger charge is 2.32. The number of benzene rings is 12. The predicted molar refractivity (Wildman–Crippen MR) is 505 cm³/mol. The number of esters is 4. The number of ether oxygens (including phenoxy) is 4. The molecule has 0 spiro atoms. The molecule has 0 aliphatic carbocycles. The SMILES string of the molecule is CCCCOC(=O)c1cc(-c2ccc(F)cc2)c(-c2c3nc(c(-c4c(-c5ccc(F)cc5)cc(C(=O)OCCCC)cc4-c4ccc(F)cc4)c4ccc([nH]4)c(-c4c(-c5ccc(F)cc5)cc(C(=O)OCCCC)cc4-c4ccc(F)cc4)c4nc(c(-c5c(-c6ccc(F)cc6)cc(C(=O)OCCCC)cc5-c5ccc(F)cc5)c5ccc2[nH]5)C=C4)C=C3)c(-c2ccc(F)cc2)c1. The van der Waals surface area contributed by atoms with Crippen LogP contribution in [0.25, 0.3) is 180 Å². The van der Waals surface area contributed by atoms with E-state index >= 15 is 35.1 Å². The van der Waals surface area contributed by atoms with E-state index in [0.29, 0.717) is 207 Å². The minimum Gasteiger partial charge on any atom is -0.462 e. The van der Waals surface area contributed by atoms with Crippen molar-refractivity contribution in [2.45, 2.75) is 79.1 Å². The highest BCUT2D eigenvalue weighted by atomic mass is 19.2. The van der Waals surface area contributed by atoms with Gasteiger partial charge in [0.25, 0.3) is 0 Å². The van der Waals surface area contributed by atoms with Crippen LogP contribution in [0.4, 0.5) is 35.1 Å². The molecule has 17 rings (SSSR count). The number of fused-ring (bicyclic) bond motifs is 8. The van der Waals surface area contributed by atoms with Crippen LogP contribution in [0.15, 0.2) is 267 Å². The lowest BCUT2D eigenvalue weighted by Gasteiger charge is -2.20. The molecule has 12 aromatic carbocycles. The standard InChI is InChI=1S/C112H86F8N4O8/c1-5-9-53-129-109(125)73-57-85(65-13-29-77(113)30-14-65)101(86(58-73)66-15-31-78(114)32-16-66)105-93-45-47-95(121-93)106(102-87(67-17-33-79(115)34-18-67)59-74(110(126)130-54-10-6-2)60-88(102)68-19-35-80(116)36-20-68)97-49-51-99(123-97)108(104-91(71-25-41-83(119)42-26-71)63-76(112(128)132-56-12-8-4)64-92(104)72-27-43-84(120)44-28-72)100-52-50-98(124-100)107(96-48-46-94(105)122-96)103-89(69-21-37-81(117)38-22-69)61-75(111(127)131-55-11-7-3)62-90(103)70-23-39-82(118)40-24-70/h13-52,57-64,121,124H,5-12,53-56H2,1-4H3. The number of hydrogen-bond donors (Lipinski definition) is 2. The zero-order chi connectivity index (χ0) is 91.8. The summed E-state index contributed by atoms with van der Waals surface area (Å²) < 4.78 is 151. The fourth-order valence-corrected chi connectivity index (χ4v) is 16.8. The van der Waals surface area contributed by atoms with Crippen molar-refractivity contribution in [3.8, 4) is 134 Å². The Bertz CT molecular complexity index is 6080. The molecule has 0 atom stereocenters. The monoisotopic (exact) mass is 1770 g/mol.